The van der Waals surface area contributed by atoms with Gasteiger partial charge in [-0.25, -0.2) is 0 Å². The molecule has 4 bridgehead atoms. The predicted molar refractivity (Wildman–Crippen MR) is 80.7 cm³/mol. The van der Waals surface area contributed by atoms with E-state index in [0.29, 0.717) is 18.5 Å². The Bertz CT molecular complexity index is 802. The average Bonchev–Trinajstić information content (AvgIpc) is 3.02. The van der Waals surface area contributed by atoms with Crippen LogP contribution in [-0.2, 0) is 21.4 Å². The molecule has 6 rings (SSSR count). The molecule has 0 saturated carbocycles. The summed E-state index contributed by atoms with van der Waals surface area (Å²) in [5.41, 5.74) is 1.61. The van der Waals surface area contributed by atoms with Crippen molar-refractivity contribution in [3.05, 3.63) is 35.4 Å². The van der Waals surface area contributed by atoms with Gasteiger partial charge in [0.2, 0.25) is 0 Å². The van der Waals surface area contributed by atoms with Crippen LogP contribution in [0.3, 0.4) is 0 Å². The zero-order valence-electron chi connectivity index (χ0n) is 12.9. The Morgan fingerprint density at radius 2 is 2.30 bits per heavy atom. The summed E-state index contributed by atoms with van der Waals surface area (Å²) in [6.45, 7) is 1.58. The maximum atomic E-state index is 12.7. The zero-order valence-corrected chi connectivity index (χ0v) is 12.9. The van der Waals surface area contributed by atoms with E-state index >= 15 is 0 Å². The van der Waals surface area contributed by atoms with E-state index in [1.165, 1.54) is 5.56 Å². The van der Waals surface area contributed by atoms with Crippen molar-refractivity contribution in [1.29, 1.82) is 0 Å². The molecule has 23 heavy (non-hydrogen) atoms. The second-order valence-electron chi connectivity index (χ2n) is 7.18. The van der Waals surface area contributed by atoms with Gasteiger partial charge < -0.3 is 14.2 Å². The lowest BCUT2D eigenvalue weighted by Gasteiger charge is -2.57. The molecule has 0 N–H and O–H groups in total. The van der Waals surface area contributed by atoms with Gasteiger partial charge in [-0.3, -0.25) is 9.69 Å². The Kier molecular flexibility index (Phi) is 1.98. The Balaban J connectivity index is 1.75. The lowest BCUT2D eigenvalue weighted by molar-refractivity contribution is -0.135. The van der Waals surface area contributed by atoms with Gasteiger partial charge in [-0.05, 0) is 36.6 Å². The minimum absolute atomic E-state index is 0.0458. The fraction of sp³-hybridized carbons (Fsp3) is 0.500. The first-order valence-corrected chi connectivity index (χ1v) is 8.19. The fourth-order valence-electron chi connectivity index (χ4n) is 5.75. The summed E-state index contributed by atoms with van der Waals surface area (Å²) in [5, 5.41) is 0. The lowest BCUT2D eigenvalue weighted by Crippen LogP contribution is -2.71. The van der Waals surface area contributed by atoms with Crippen molar-refractivity contribution in [2.75, 3.05) is 20.4 Å². The van der Waals surface area contributed by atoms with E-state index in [1.54, 1.807) is 13.2 Å². The molecule has 3 aliphatic heterocycles. The predicted octanol–water partition coefficient (Wildman–Crippen LogP) is 1.19. The SMILES string of the molecule is COc1ccc2c3c1OC1C(=O)C=C[C@]45OCN(CC[C@]314)[C@@H]5C2. The number of rotatable bonds is 1. The van der Waals surface area contributed by atoms with Crippen molar-refractivity contribution in [3.8, 4) is 11.5 Å². The highest BCUT2D eigenvalue weighted by Crippen LogP contribution is 2.66. The first-order chi connectivity index (χ1) is 11.2. The molecule has 0 aromatic heterocycles. The third kappa shape index (κ3) is 1.09. The summed E-state index contributed by atoms with van der Waals surface area (Å²) in [5.74, 6) is 1.52. The van der Waals surface area contributed by atoms with Crippen LogP contribution in [0.25, 0.3) is 0 Å². The van der Waals surface area contributed by atoms with E-state index in [0.717, 1.165) is 30.7 Å². The van der Waals surface area contributed by atoms with Gasteiger partial charge in [0.25, 0.3) is 0 Å². The molecule has 2 fully saturated rings. The monoisotopic (exact) mass is 311 g/mol. The molecule has 2 aliphatic carbocycles. The van der Waals surface area contributed by atoms with Gasteiger partial charge in [0.05, 0.1) is 12.5 Å². The molecule has 2 spiro atoms. The standard InChI is InChI=1S/C18H17NO4/c1-21-12-3-2-10-8-13-18-5-4-11(20)16-17(18,14(10)15(12)23-16)6-7-19(13)9-22-18/h2-5,13,16H,6-9H2,1H3/t13-,16?,17+,18-/m1/s1. The molecular weight excluding hydrogens is 294 g/mol. The van der Waals surface area contributed by atoms with Crippen LogP contribution in [0.2, 0.25) is 0 Å². The topological polar surface area (TPSA) is 48.0 Å². The number of carbonyl (C=O) groups excluding carboxylic acids is 1. The van der Waals surface area contributed by atoms with Crippen LogP contribution in [0, 0.1) is 0 Å². The van der Waals surface area contributed by atoms with Gasteiger partial charge in [0, 0.05) is 18.2 Å². The van der Waals surface area contributed by atoms with E-state index in [2.05, 4.69) is 11.0 Å². The number of methoxy groups -OCH3 is 1. The van der Waals surface area contributed by atoms with Crippen LogP contribution in [-0.4, -0.2) is 48.8 Å². The highest BCUT2D eigenvalue weighted by Gasteiger charge is 2.75. The van der Waals surface area contributed by atoms with Crippen molar-refractivity contribution in [3.63, 3.8) is 0 Å². The molecule has 0 amide bonds. The van der Waals surface area contributed by atoms with E-state index < -0.39 is 17.1 Å². The normalized spacial score (nSPS) is 44.0. The Morgan fingerprint density at radius 3 is 3.17 bits per heavy atom. The van der Waals surface area contributed by atoms with Crippen molar-refractivity contribution >= 4 is 5.78 Å². The number of nitrogens with zero attached hydrogens (tertiary/aromatic N) is 1. The van der Waals surface area contributed by atoms with Gasteiger partial charge in [-0.2, -0.15) is 0 Å². The molecule has 5 aliphatic rings. The van der Waals surface area contributed by atoms with E-state index in [-0.39, 0.29) is 5.78 Å². The molecule has 2 unspecified atom stereocenters. The second-order valence-corrected chi connectivity index (χ2v) is 7.18. The Morgan fingerprint density at radius 1 is 1.39 bits per heavy atom. The number of piperidine rings is 1. The number of carbonyl (C=O) groups is 1. The maximum absolute atomic E-state index is 12.7. The van der Waals surface area contributed by atoms with E-state index in [4.69, 9.17) is 14.2 Å². The van der Waals surface area contributed by atoms with Crippen LogP contribution in [0.4, 0.5) is 0 Å². The molecule has 1 aromatic rings. The van der Waals surface area contributed by atoms with Crippen LogP contribution in [0.1, 0.15) is 17.5 Å². The van der Waals surface area contributed by atoms with Gasteiger partial charge in [-0.15, -0.1) is 0 Å². The number of ether oxygens (including phenoxy) is 3. The first kappa shape index (κ1) is 12.6. The van der Waals surface area contributed by atoms with E-state index in [9.17, 15) is 4.79 Å². The summed E-state index contributed by atoms with van der Waals surface area (Å²) in [6.07, 6.45) is 5.03. The molecular formula is C18H17NO4. The smallest absolute Gasteiger partial charge is 0.196 e. The molecule has 0 radical (unpaired) electrons. The summed E-state index contributed by atoms with van der Waals surface area (Å²) in [7, 11) is 1.65. The van der Waals surface area contributed by atoms with Gasteiger partial charge >= 0.3 is 0 Å². The summed E-state index contributed by atoms with van der Waals surface area (Å²) in [6, 6.07) is 4.39. The Hall–Kier alpha value is -1.85. The fourth-order valence-corrected chi connectivity index (χ4v) is 5.75. The summed E-state index contributed by atoms with van der Waals surface area (Å²) < 4.78 is 18.1. The van der Waals surface area contributed by atoms with Gasteiger partial charge in [-0.1, -0.05) is 6.07 Å². The van der Waals surface area contributed by atoms with Crippen LogP contribution in [0.15, 0.2) is 24.3 Å². The summed E-state index contributed by atoms with van der Waals surface area (Å²) in [4.78, 5) is 15.1. The average molecular weight is 311 g/mol. The second kappa shape index (κ2) is 3.62. The van der Waals surface area contributed by atoms with Gasteiger partial charge in [0.15, 0.2) is 23.4 Å². The number of ketones is 1. The number of hydrogen-bond acceptors (Lipinski definition) is 5. The number of benzene rings is 1. The highest BCUT2D eigenvalue weighted by molar-refractivity contribution is 5.99. The third-order valence-electron chi connectivity index (χ3n) is 6.62. The Labute approximate surface area is 133 Å². The maximum Gasteiger partial charge on any atom is 0.196 e. The van der Waals surface area contributed by atoms with Crippen LogP contribution >= 0.6 is 0 Å². The van der Waals surface area contributed by atoms with Crippen molar-refractivity contribution in [2.45, 2.75) is 36.0 Å². The minimum atomic E-state index is -0.486. The van der Waals surface area contributed by atoms with Crippen molar-refractivity contribution in [1.82, 2.24) is 4.90 Å². The third-order valence-corrected chi connectivity index (χ3v) is 6.62. The zero-order chi connectivity index (χ0) is 15.4. The molecule has 5 atom stereocenters. The van der Waals surface area contributed by atoms with Crippen LogP contribution in [0.5, 0.6) is 11.5 Å². The van der Waals surface area contributed by atoms with Crippen LogP contribution < -0.4 is 9.47 Å². The largest absolute Gasteiger partial charge is 0.493 e. The molecule has 2 saturated heterocycles. The molecule has 1 aromatic carbocycles. The van der Waals surface area contributed by atoms with Crippen molar-refractivity contribution < 1.29 is 19.0 Å². The van der Waals surface area contributed by atoms with Gasteiger partial charge in [0.1, 0.15) is 12.3 Å². The molecule has 5 heteroatoms. The summed E-state index contributed by atoms with van der Waals surface area (Å²) >= 11 is 0. The van der Waals surface area contributed by atoms with E-state index in [1.807, 2.05) is 12.1 Å². The molecule has 5 nitrogen and oxygen atoms in total. The number of hydrogen-bond donors (Lipinski definition) is 0. The quantitative estimate of drug-likeness (QED) is 0.780. The molecule has 3 heterocycles. The first-order valence-electron chi connectivity index (χ1n) is 8.19. The van der Waals surface area contributed by atoms with Crippen molar-refractivity contribution in [2.24, 2.45) is 0 Å². The highest BCUT2D eigenvalue weighted by atomic mass is 16.6. The minimum Gasteiger partial charge on any atom is -0.493 e. The molecule has 118 valence electrons. The lowest BCUT2D eigenvalue weighted by atomic mass is 9.51.